The third-order valence-electron chi connectivity index (χ3n) is 2.57. The smallest absolute Gasteiger partial charge is 0.315 e. The minimum atomic E-state index is -0.868. The summed E-state index contributed by atoms with van der Waals surface area (Å²) in [4.78, 5) is 15.5. The zero-order valence-electron chi connectivity index (χ0n) is 10.5. The van der Waals surface area contributed by atoms with E-state index in [-0.39, 0.29) is 12.6 Å². The quantitative estimate of drug-likeness (QED) is 0.735. The van der Waals surface area contributed by atoms with Gasteiger partial charge in [0.2, 0.25) is 0 Å². The Labute approximate surface area is 120 Å². The number of carbonyl (C=O) groups is 1. The summed E-state index contributed by atoms with van der Waals surface area (Å²) in [7, 11) is 0. The van der Waals surface area contributed by atoms with Crippen molar-refractivity contribution in [3.8, 4) is 0 Å². The van der Waals surface area contributed by atoms with Gasteiger partial charge in [0, 0.05) is 12.7 Å². The van der Waals surface area contributed by atoms with Gasteiger partial charge in [-0.1, -0.05) is 17.7 Å². The Morgan fingerprint density at radius 3 is 2.90 bits per heavy atom. The van der Waals surface area contributed by atoms with Crippen LogP contribution in [0.1, 0.15) is 17.4 Å². The standard InChI is InChI=1S/C13H14ClN3O3/c14-12-4-3-9(6-15-12)7-16-13(19)17-8-10(18)11-2-1-5-20-11/h1-6,10,18H,7-8H2,(H2,16,17,19). The first-order valence-electron chi connectivity index (χ1n) is 5.99. The molecule has 1 atom stereocenters. The fourth-order valence-electron chi connectivity index (χ4n) is 1.53. The highest BCUT2D eigenvalue weighted by atomic mass is 35.5. The summed E-state index contributed by atoms with van der Waals surface area (Å²) in [6.45, 7) is 0.394. The molecule has 0 saturated heterocycles. The maximum atomic E-state index is 11.5. The van der Waals surface area contributed by atoms with Gasteiger partial charge in [0.05, 0.1) is 12.8 Å². The zero-order chi connectivity index (χ0) is 14.4. The number of pyridine rings is 1. The summed E-state index contributed by atoms with van der Waals surface area (Å²) in [5.41, 5.74) is 0.830. The second-order valence-electron chi connectivity index (χ2n) is 4.08. The predicted octanol–water partition coefficient (Wildman–Crippen LogP) is 1.86. The molecule has 2 aromatic heterocycles. The normalized spacial score (nSPS) is 11.9. The minimum absolute atomic E-state index is 0.0677. The van der Waals surface area contributed by atoms with E-state index in [0.717, 1.165) is 5.56 Å². The first-order chi connectivity index (χ1) is 9.65. The molecule has 0 aliphatic rings. The number of hydrogen-bond acceptors (Lipinski definition) is 4. The molecule has 0 aromatic carbocycles. The molecule has 1 unspecified atom stereocenters. The summed E-state index contributed by atoms with van der Waals surface area (Å²) >= 11 is 5.66. The van der Waals surface area contributed by atoms with Crippen LogP contribution in [0.15, 0.2) is 41.1 Å². The second-order valence-corrected chi connectivity index (χ2v) is 4.47. The number of urea groups is 1. The number of aromatic nitrogens is 1. The van der Waals surface area contributed by atoms with Gasteiger partial charge >= 0.3 is 6.03 Å². The van der Waals surface area contributed by atoms with E-state index in [1.54, 1.807) is 30.5 Å². The van der Waals surface area contributed by atoms with Gasteiger partial charge in [-0.3, -0.25) is 0 Å². The fourth-order valence-corrected chi connectivity index (χ4v) is 1.64. The summed E-state index contributed by atoms with van der Waals surface area (Å²) in [5.74, 6) is 0.409. The molecule has 0 aliphatic carbocycles. The Hall–Kier alpha value is -2.05. The lowest BCUT2D eigenvalue weighted by molar-refractivity contribution is 0.148. The van der Waals surface area contributed by atoms with E-state index in [1.165, 1.54) is 6.26 Å². The molecule has 2 rings (SSSR count). The summed E-state index contributed by atoms with van der Waals surface area (Å²) in [5, 5.41) is 15.3. The van der Waals surface area contributed by atoms with Crippen molar-refractivity contribution >= 4 is 17.6 Å². The maximum Gasteiger partial charge on any atom is 0.315 e. The molecule has 0 spiro atoms. The van der Waals surface area contributed by atoms with Gasteiger partial charge in [0.1, 0.15) is 17.0 Å². The number of aliphatic hydroxyl groups is 1. The molecule has 0 aliphatic heterocycles. The molecule has 106 valence electrons. The van der Waals surface area contributed by atoms with Crippen LogP contribution in [0.4, 0.5) is 4.79 Å². The number of nitrogens with one attached hydrogen (secondary N) is 2. The van der Waals surface area contributed by atoms with Crippen LogP contribution in [0.5, 0.6) is 0 Å². The third-order valence-corrected chi connectivity index (χ3v) is 2.79. The first kappa shape index (κ1) is 14.4. The number of amides is 2. The van der Waals surface area contributed by atoms with Crippen molar-refractivity contribution in [1.29, 1.82) is 0 Å². The third kappa shape index (κ3) is 4.25. The van der Waals surface area contributed by atoms with Gasteiger partial charge < -0.3 is 20.2 Å². The van der Waals surface area contributed by atoms with Crippen LogP contribution in [0.25, 0.3) is 0 Å². The second kappa shape index (κ2) is 6.93. The number of furan rings is 1. The van der Waals surface area contributed by atoms with Crippen LogP contribution < -0.4 is 10.6 Å². The van der Waals surface area contributed by atoms with E-state index in [0.29, 0.717) is 17.5 Å². The Kier molecular flexibility index (Phi) is 4.97. The van der Waals surface area contributed by atoms with Gasteiger partial charge in [-0.05, 0) is 23.8 Å². The van der Waals surface area contributed by atoms with E-state index in [4.69, 9.17) is 16.0 Å². The van der Waals surface area contributed by atoms with Gasteiger partial charge in [-0.15, -0.1) is 0 Å². The highest BCUT2D eigenvalue weighted by Gasteiger charge is 2.11. The topological polar surface area (TPSA) is 87.4 Å². The maximum absolute atomic E-state index is 11.5. The van der Waals surface area contributed by atoms with Gasteiger partial charge in [0.15, 0.2) is 0 Å². The van der Waals surface area contributed by atoms with E-state index < -0.39 is 6.10 Å². The molecule has 2 heterocycles. The van der Waals surface area contributed by atoms with Crippen molar-refractivity contribution in [2.45, 2.75) is 12.6 Å². The lowest BCUT2D eigenvalue weighted by Crippen LogP contribution is -2.37. The fraction of sp³-hybridized carbons (Fsp3) is 0.231. The van der Waals surface area contributed by atoms with Crippen LogP contribution >= 0.6 is 11.6 Å². The Morgan fingerprint density at radius 1 is 1.40 bits per heavy atom. The molecule has 0 fully saturated rings. The van der Waals surface area contributed by atoms with E-state index in [2.05, 4.69) is 15.6 Å². The van der Waals surface area contributed by atoms with Crippen molar-refractivity contribution in [2.75, 3.05) is 6.54 Å². The number of halogens is 1. The van der Waals surface area contributed by atoms with Gasteiger partial charge in [0.25, 0.3) is 0 Å². The highest BCUT2D eigenvalue weighted by molar-refractivity contribution is 6.29. The molecular formula is C13H14ClN3O3. The molecule has 0 saturated carbocycles. The average Bonchev–Trinajstić information content (AvgIpc) is 2.98. The molecule has 2 amide bonds. The molecular weight excluding hydrogens is 282 g/mol. The van der Waals surface area contributed by atoms with Crippen LogP contribution in [-0.2, 0) is 6.54 Å². The monoisotopic (exact) mass is 295 g/mol. The summed E-state index contributed by atoms with van der Waals surface area (Å²) < 4.78 is 5.03. The summed E-state index contributed by atoms with van der Waals surface area (Å²) in [6.07, 6.45) is 2.18. The molecule has 0 radical (unpaired) electrons. The van der Waals surface area contributed by atoms with Gasteiger partial charge in [-0.2, -0.15) is 0 Å². The number of rotatable bonds is 5. The van der Waals surface area contributed by atoms with E-state index in [1.807, 2.05) is 0 Å². The van der Waals surface area contributed by atoms with Crippen molar-refractivity contribution in [3.63, 3.8) is 0 Å². The highest BCUT2D eigenvalue weighted by Crippen LogP contribution is 2.11. The average molecular weight is 296 g/mol. The molecule has 2 aromatic rings. The van der Waals surface area contributed by atoms with Crippen LogP contribution in [0, 0.1) is 0 Å². The van der Waals surface area contributed by atoms with Gasteiger partial charge in [-0.25, -0.2) is 9.78 Å². The van der Waals surface area contributed by atoms with Crippen molar-refractivity contribution < 1.29 is 14.3 Å². The van der Waals surface area contributed by atoms with Crippen molar-refractivity contribution in [2.24, 2.45) is 0 Å². The Bertz CT molecular complexity index is 542. The van der Waals surface area contributed by atoms with E-state index >= 15 is 0 Å². The SMILES string of the molecule is O=C(NCc1ccc(Cl)nc1)NCC(O)c1ccco1. The van der Waals surface area contributed by atoms with Crippen LogP contribution in [-0.4, -0.2) is 22.7 Å². The molecule has 0 bridgehead atoms. The molecule has 7 heteroatoms. The molecule has 3 N–H and O–H groups in total. The first-order valence-corrected chi connectivity index (χ1v) is 6.36. The van der Waals surface area contributed by atoms with Crippen LogP contribution in [0.2, 0.25) is 5.15 Å². The Morgan fingerprint density at radius 2 is 2.25 bits per heavy atom. The predicted molar refractivity (Wildman–Crippen MR) is 73.2 cm³/mol. The van der Waals surface area contributed by atoms with Crippen LogP contribution in [0.3, 0.4) is 0 Å². The molecule has 20 heavy (non-hydrogen) atoms. The van der Waals surface area contributed by atoms with Crippen molar-refractivity contribution in [3.05, 3.63) is 53.2 Å². The summed E-state index contributed by atoms with van der Waals surface area (Å²) in [6, 6.07) is 6.35. The minimum Gasteiger partial charge on any atom is -0.467 e. The number of carbonyl (C=O) groups excluding carboxylic acids is 1. The van der Waals surface area contributed by atoms with E-state index in [9.17, 15) is 9.90 Å². The largest absolute Gasteiger partial charge is 0.467 e. The molecule has 6 nitrogen and oxygen atoms in total. The number of aliphatic hydroxyl groups excluding tert-OH is 1. The lowest BCUT2D eigenvalue weighted by atomic mass is 10.3. The number of nitrogens with zero attached hydrogens (tertiary/aromatic N) is 1. The zero-order valence-corrected chi connectivity index (χ0v) is 11.3. The van der Waals surface area contributed by atoms with Crippen molar-refractivity contribution in [1.82, 2.24) is 15.6 Å². The lowest BCUT2D eigenvalue weighted by Gasteiger charge is -2.10. The number of hydrogen-bond donors (Lipinski definition) is 3. The Balaban J connectivity index is 1.71.